The molecular weight excluding hydrogens is 516 g/mol. The molecule has 2 N–H and O–H groups in total. The van der Waals surface area contributed by atoms with Crippen molar-refractivity contribution >= 4 is 11.4 Å². The normalized spacial score (nSPS) is 17.6. The number of unbranched alkanes of at least 4 members (excludes halogenated alkanes) is 6. The summed E-state index contributed by atoms with van der Waals surface area (Å²) in [6, 6.07) is 26.7. The molecule has 1 saturated heterocycles. The Labute approximate surface area is 247 Å². The molecule has 3 aromatic carbocycles. The van der Waals surface area contributed by atoms with Crippen LogP contribution in [0.1, 0.15) is 81.8 Å². The number of benzene rings is 3. The largest absolute Gasteiger partial charge is 1.00 e. The first kappa shape index (κ1) is 30.4. The fraction of sp³-hybridized carbons (Fsp3) is 0.486. The molecule has 0 amide bonds. The minimum Gasteiger partial charge on any atom is -1.00 e. The lowest BCUT2D eigenvalue weighted by Crippen LogP contribution is -3.00. The molecule has 3 aromatic rings. The molecule has 0 spiro atoms. The molecule has 0 aromatic heterocycles. The van der Waals surface area contributed by atoms with Crippen molar-refractivity contribution in [2.45, 2.75) is 83.1 Å². The van der Waals surface area contributed by atoms with E-state index in [1.807, 2.05) is 12.1 Å². The molecule has 216 valence electrons. The van der Waals surface area contributed by atoms with Gasteiger partial charge in [-0.3, -0.25) is 0 Å². The number of para-hydroxylation sites is 4. The predicted molar refractivity (Wildman–Crippen MR) is 161 cm³/mol. The van der Waals surface area contributed by atoms with Crippen LogP contribution in [0.4, 0.5) is 11.4 Å². The number of anilines is 2. The number of nitrogens with zero attached hydrogens (tertiary/aromatic N) is 1. The van der Waals surface area contributed by atoms with Crippen molar-refractivity contribution in [2.75, 3.05) is 31.2 Å². The Bertz CT molecular complexity index is 1110. The molecule has 0 aliphatic carbocycles. The Morgan fingerprint density at radius 1 is 0.800 bits per heavy atom. The third-order valence-corrected chi connectivity index (χ3v) is 8.45. The molecule has 2 heterocycles. The monoisotopic (exact) mass is 562 g/mol. The number of halogens is 1. The zero-order valence-corrected chi connectivity index (χ0v) is 25.0. The van der Waals surface area contributed by atoms with Crippen LogP contribution in [0.25, 0.3) is 0 Å². The van der Waals surface area contributed by atoms with Gasteiger partial charge < -0.3 is 32.1 Å². The van der Waals surface area contributed by atoms with Crippen LogP contribution in [0.3, 0.4) is 0 Å². The molecule has 2 atom stereocenters. The van der Waals surface area contributed by atoms with E-state index in [0.29, 0.717) is 12.0 Å². The first-order valence-electron chi connectivity index (χ1n) is 15.5. The van der Waals surface area contributed by atoms with E-state index in [2.05, 4.69) is 77.8 Å². The van der Waals surface area contributed by atoms with Gasteiger partial charge in [-0.05, 0) is 61.1 Å². The van der Waals surface area contributed by atoms with Crippen molar-refractivity contribution in [1.29, 1.82) is 0 Å². The van der Waals surface area contributed by atoms with Gasteiger partial charge >= 0.3 is 0 Å². The molecule has 0 unspecified atom stereocenters. The molecule has 0 radical (unpaired) electrons. The third kappa shape index (κ3) is 8.02. The molecular formula is C35H47ClN2O2. The third-order valence-electron chi connectivity index (χ3n) is 8.45. The second-order valence-electron chi connectivity index (χ2n) is 11.3. The number of ether oxygens (including phenoxy) is 2. The van der Waals surface area contributed by atoms with Crippen LogP contribution in [0, 0.1) is 0 Å². The van der Waals surface area contributed by atoms with E-state index in [-0.39, 0.29) is 12.4 Å². The van der Waals surface area contributed by atoms with E-state index in [1.54, 1.807) is 0 Å². The molecule has 40 heavy (non-hydrogen) atoms. The van der Waals surface area contributed by atoms with Crippen molar-refractivity contribution < 1.29 is 27.2 Å². The summed E-state index contributed by atoms with van der Waals surface area (Å²) in [5.41, 5.74) is 5.29. The molecule has 0 bridgehead atoms. The highest BCUT2D eigenvalue weighted by molar-refractivity contribution is 5.77. The summed E-state index contributed by atoms with van der Waals surface area (Å²) >= 11 is 0. The van der Waals surface area contributed by atoms with Gasteiger partial charge in [-0.15, -0.1) is 0 Å². The standard InChI is InChI=1S/C35H46N2O2.ClH/c1-2-3-4-5-6-7-14-28-19-21-29(22-20-28)30-23-24-36-31(30)27-38-26-13-12-25-37-32-15-8-10-17-34(32)39-35-18-11-9-16-33(35)37;/h8-11,15-22,30-31,36H,2-7,12-14,23-27H2,1H3;1H/t30-,31-;/m1./s1. The number of aryl methyl sites for hydroxylation is 1. The molecule has 2 aliphatic rings. The SMILES string of the molecule is CCCCCCCCc1ccc([C@H]2CC[NH2+][C@@H]2COCCCCN2c3ccccc3Oc3ccccc32)cc1.[Cl-]. The van der Waals surface area contributed by atoms with Gasteiger partial charge in [-0.1, -0.05) is 87.6 Å². The number of quaternary nitrogens is 1. The molecule has 5 rings (SSSR count). The number of fused-ring (bicyclic) bond motifs is 2. The van der Waals surface area contributed by atoms with Gasteiger partial charge in [-0.25, -0.2) is 0 Å². The van der Waals surface area contributed by atoms with Gasteiger partial charge in [0.15, 0.2) is 11.5 Å². The Morgan fingerprint density at radius 3 is 2.20 bits per heavy atom. The summed E-state index contributed by atoms with van der Waals surface area (Å²) in [5, 5.41) is 2.50. The molecule has 0 saturated carbocycles. The van der Waals surface area contributed by atoms with Crippen LogP contribution in [0.5, 0.6) is 11.5 Å². The fourth-order valence-electron chi connectivity index (χ4n) is 6.22. The number of hydrogen-bond donors (Lipinski definition) is 1. The maximum Gasteiger partial charge on any atom is 0.151 e. The maximum absolute atomic E-state index is 6.24. The van der Waals surface area contributed by atoms with Crippen LogP contribution in [-0.2, 0) is 11.2 Å². The zero-order chi connectivity index (χ0) is 26.7. The Balaban J connectivity index is 0.00000370. The van der Waals surface area contributed by atoms with Crippen molar-refractivity contribution in [3.63, 3.8) is 0 Å². The lowest BCUT2D eigenvalue weighted by molar-refractivity contribution is -0.673. The van der Waals surface area contributed by atoms with Crippen molar-refractivity contribution in [1.82, 2.24) is 0 Å². The van der Waals surface area contributed by atoms with Crippen molar-refractivity contribution in [3.8, 4) is 11.5 Å². The van der Waals surface area contributed by atoms with Gasteiger partial charge in [0.2, 0.25) is 0 Å². The molecule has 2 aliphatic heterocycles. The summed E-state index contributed by atoms with van der Waals surface area (Å²) in [6.07, 6.45) is 12.8. The summed E-state index contributed by atoms with van der Waals surface area (Å²) < 4.78 is 12.4. The highest BCUT2D eigenvalue weighted by Gasteiger charge is 2.32. The zero-order valence-electron chi connectivity index (χ0n) is 24.2. The summed E-state index contributed by atoms with van der Waals surface area (Å²) in [6.45, 7) is 6.11. The van der Waals surface area contributed by atoms with Crippen LogP contribution >= 0.6 is 0 Å². The lowest BCUT2D eigenvalue weighted by atomic mass is 9.91. The minimum atomic E-state index is 0. The predicted octanol–water partition coefficient (Wildman–Crippen LogP) is 4.75. The Hall–Kier alpha value is -2.53. The van der Waals surface area contributed by atoms with Gasteiger partial charge in [-0.2, -0.15) is 0 Å². The van der Waals surface area contributed by atoms with Crippen LogP contribution < -0.4 is 27.4 Å². The smallest absolute Gasteiger partial charge is 0.151 e. The maximum atomic E-state index is 6.24. The quantitative estimate of drug-likeness (QED) is 0.272. The summed E-state index contributed by atoms with van der Waals surface area (Å²) in [4.78, 5) is 2.39. The number of hydrogen-bond acceptors (Lipinski definition) is 3. The highest BCUT2D eigenvalue weighted by atomic mass is 35.5. The van der Waals surface area contributed by atoms with Crippen LogP contribution in [0.2, 0.25) is 0 Å². The number of rotatable bonds is 15. The van der Waals surface area contributed by atoms with Gasteiger partial charge in [0.25, 0.3) is 0 Å². The topological polar surface area (TPSA) is 38.3 Å². The Kier molecular flexibility index (Phi) is 12.2. The van der Waals surface area contributed by atoms with E-state index in [0.717, 1.165) is 55.5 Å². The van der Waals surface area contributed by atoms with E-state index < -0.39 is 0 Å². The Morgan fingerprint density at radius 2 is 1.48 bits per heavy atom. The first-order valence-corrected chi connectivity index (χ1v) is 15.5. The van der Waals surface area contributed by atoms with Gasteiger partial charge in [0.05, 0.1) is 24.5 Å². The van der Waals surface area contributed by atoms with Gasteiger partial charge in [0.1, 0.15) is 6.04 Å². The van der Waals surface area contributed by atoms with E-state index in [9.17, 15) is 0 Å². The number of nitrogens with two attached hydrogens (primary N) is 1. The van der Waals surface area contributed by atoms with Crippen LogP contribution in [-0.4, -0.2) is 32.3 Å². The average Bonchev–Trinajstić information content (AvgIpc) is 3.45. The summed E-state index contributed by atoms with van der Waals surface area (Å²) in [7, 11) is 0. The van der Waals surface area contributed by atoms with Crippen molar-refractivity contribution in [2.24, 2.45) is 0 Å². The molecule has 1 fully saturated rings. The van der Waals surface area contributed by atoms with E-state index in [1.165, 1.54) is 69.0 Å². The van der Waals surface area contributed by atoms with Gasteiger partial charge in [0, 0.05) is 25.5 Å². The average molecular weight is 563 g/mol. The summed E-state index contributed by atoms with van der Waals surface area (Å²) in [5.74, 6) is 2.48. The molecule has 5 heteroatoms. The van der Waals surface area contributed by atoms with Crippen LogP contribution in [0.15, 0.2) is 72.8 Å². The first-order chi connectivity index (χ1) is 19.3. The second kappa shape index (κ2) is 16.0. The lowest BCUT2D eigenvalue weighted by Gasteiger charge is -2.32. The fourth-order valence-corrected chi connectivity index (χ4v) is 6.22. The minimum absolute atomic E-state index is 0. The highest BCUT2D eigenvalue weighted by Crippen LogP contribution is 2.46. The van der Waals surface area contributed by atoms with E-state index >= 15 is 0 Å². The van der Waals surface area contributed by atoms with Crippen molar-refractivity contribution in [3.05, 3.63) is 83.9 Å². The second-order valence-corrected chi connectivity index (χ2v) is 11.3. The van der Waals surface area contributed by atoms with E-state index in [4.69, 9.17) is 9.47 Å². The molecule has 4 nitrogen and oxygen atoms in total.